The maximum absolute atomic E-state index is 12.2. The SMILES string of the molecule is CN=C(NCc1cccc(C)c1)NCc1cccc(OC(F)F)c1.I. The van der Waals surface area contributed by atoms with E-state index < -0.39 is 6.61 Å². The standard InChI is InChI=1S/C18H21F2N3O.HI/c1-13-5-3-6-14(9-13)11-22-18(21-2)23-12-15-7-4-8-16(10-15)24-17(19)20;/h3-10,17H,11-12H2,1-2H3,(H2,21,22,23);1H. The van der Waals surface area contributed by atoms with Crippen LogP contribution in [0.2, 0.25) is 0 Å². The molecular weight excluding hydrogens is 439 g/mol. The van der Waals surface area contributed by atoms with Gasteiger partial charge in [0.2, 0.25) is 0 Å². The van der Waals surface area contributed by atoms with Gasteiger partial charge in [-0.25, -0.2) is 0 Å². The molecule has 0 spiro atoms. The lowest BCUT2D eigenvalue weighted by Crippen LogP contribution is -2.36. The average molecular weight is 461 g/mol. The van der Waals surface area contributed by atoms with Crippen LogP contribution < -0.4 is 15.4 Å². The molecule has 2 N–H and O–H groups in total. The Kier molecular flexibility index (Phi) is 9.18. The van der Waals surface area contributed by atoms with Gasteiger partial charge in [0.25, 0.3) is 0 Å². The predicted molar refractivity (Wildman–Crippen MR) is 107 cm³/mol. The Hall–Kier alpha value is -1.90. The van der Waals surface area contributed by atoms with Crippen LogP contribution in [0.15, 0.2) is 53.5 Å². The Morgan fingerprint density at radius 3 is 2.20 bits per heavy atom. The van der Waals surface area contributed by atoms with Crippen molar-refractivity contribution < 1.29 is 13.5 Å². The topological polar surface area (TPSA) is 45.7 Å². The second-order valence-corrected chi connectivity index (χ2v) is 5.29. The zero-order valence-corrected chi connectivity index (χ0v) is 16.5. The average Bonchev–Trinajstić information content (AvgIpc) is 2.55. The van der Waals surface area contributed by atoms with Crippen molar-refractivity contribution in [2.24, 2.45) is 4.99 Å². The van der Waals surface area contributed by atoms with Gasteiger partial charge >= 0.3 is 6.61 Å². The zero-order valence-electron chi connectivity index (χ0n) is 14.1. The van der Waals surface area contributed by atoms with Crippen LogP contribution in [0.3, 0.4) is 0 Å². The molecule has 0 fully saturated rings. The summed E-state index contributed by atoms with van der Waals surface area (Å²) >= 11 is 0. The molecule has 0 aliphatic heterocycles. The summed E-state index contributed by atoms with van der Waals surface area (Å²) < 4.78 is 28.9. The van der Waals surface area contributed by atoms with Crippen LogP contribution in [0.4, 0.5) is 8.78 Å². The number of halogens is 3. The molecule has 0 radical (unpaired) electrons. The van der Waals surface area contributed by atoms with Gasteiger partial charge in [0.15, 0.2) is 5.96 Å². The summed E-state index contributed by atoms with van der Waals surface area (Å²) in [5, 5.41) is 6.36. The van der Waals surface area contributed by atoms with Crippen LogP contribution in [-0.2, 0) is 13.1 Å². The molecule has 0 aromatic heterocycles. The third-order valence-electron chi connectivity index (χ3n) is 3.35. The number of ether oxygens (including phenoxy) is 1. The van der Waals surface area contributed by atoms with E-state index in [-0.39, 0.29) is 29.7 Å². The highest BCUT2D eigenvalue weighted by Gasteiger charge is 2.05. The summed E-state index contributed by atoms with van der Waals surface area (Å²) in [5.41, 5.74) is 3.19. The summed E-state index contributed by atoms with van der Waals surface area (Å²) in [6.07, 6.45) is 0. The smallest absolute Gasteiger partial charge is 0.387 e. The number of aryl methyl sites for hydroxylation is 1. The van der Waals surface area contributed by atoms with Gasteiger partial charge < -0.3 is 15.4 Å². The highest BCUT2D eigenvalue weighted by atomic mass is 127. The second kappa shape index (κ2) is 10.9. The van der Waals surface area contributed by atoms with E-state index in [0.29, 0.717) is 19.0 Å². The third kappa shape index (κ3) is 7.68. The number of benzene rings is 2. The van der Waals surface area contributed by atoms with E-state index in [9.17, 15) is 8.78 Å². The fourth-order valence-electron chi connectivity index (χ4n) is 2.25. The predicted octanol–water partition coefficient (Wildman–Crippen LogP) is 4.08. The van der Waals surface area contributed by atoms with Crippen molar-refractivity contribution in [3.8, 4) is 5.75 Å². The lowest BCUT2D eigenvalue weighted by atomic mass is 10.1. The summed E-state index contributed by atoms with van der Waals surface area (Å²) in [6.45, 7) is 0.325. The molecule has 0 unspecified atom stereocenters. The van der Waals surface area contributed by atoms with Gasteiger partial charge in [-0.3, -0.25) is 4.99 Å². The summed E-state index contributed by atoms with van der Waals surface area (Å²) in [6, 6.07) is 14.8. The van der Waals surface area contributed by atoms with Gasteiger partial charge in [0.05, 0.1) is 0 Å². The van der Waals surface area contributed by atoms with Gasteiger partial charge in [-0.05, 0) is 30.2 Å². The molecule has 0 saturated carbocycles. The summed E-state index contributed by atoms with van der Waals surface area (Å²) in [4.78, 5) is 4.15. The summed E-state index contributed by atoms with van der Waals surface area (Å²) in [7, 11) is 1.68. The van der Waals surface area contributed by atoms with E-state index in [1.165, 1.54) is 11.6 Å². The molecule has 2 aromatic rings. The molecule has 7 heteroatoms. The van der Waals surface area contributed by atoms with Crippen molar-refractivity contribution in [2.45, 2.75) is 26.6 Å². The first-order valence-electron chi connectivity index (χ1n) is 7.60. The lowest BCUT2D eigenvalue weighted by molar-refractivity contribution is -0.0498. The maximum Gasteiger partial charge on any atom is 0.387 e. The molecule has 0 amide bonds. The Morgan fingerprint density at radius 1 is 1.04 bits per heavy atom. The molecule has 0 aliphatic carbocycles. The summed E-state index contributed by atoms with van der Waals surface area (Å²) in [5.74, 6) is 0.781. The Morgan fingerprint density at radius 2 is 1.64 bits per heavy atom. The van der Waals surface area contributed by atoms with Crippen molar-refractivity contribution in [1.29, 1.82) is 0 Å². The number of nitrogens with one attached hydrogen (secondary N) is 2. The highest BCUT2D eigenvalue weighted by Crippen LogP contribution is 2.15. The van der Waals surface area contributed by atoms with Gasteiger partial charge in [-0.1, -0.05) is 42.0 Å². The van der Waals surface area contributed by atoms with E-state index in [0.717, 1.165) is 11.1 Å². The molecule has 0 bridgehead atoms. The molecule has 25 heavy (non-hydrogen) atoms. The number of guanidine groups is 1. The molecule has 0 saturated heterocycles. The van der Waals surface area contributed by atoms with Gasteiger partial charge in [0, 0.05) is 20.1 Å². The van der Waals surface area contributed by atoms with Crippen molar-refractivity contribution in [2.75, 3.05) is 7.05 Å². The minimum atomic E-state index is -2.82. The fraction of sp³-hybridized carbons (Fsp3) is 0.278. The quantitative estimate of drug-likeness (QED) is 0.387. The normalized spacial score (nSPS) is 11.0. The number of aliphatic imine (C=N–C) groups is 1. The van der Waals surface area contributed by atoms with E-state index in [1.54, 1.807) is 19.2 Å². The van der Waals surface area contributed by atoms with Crippen LogP contribution in [-0.4, -0.2) is 19.6 Å². The Bertz CT molecular complexity index is 696. The molecule has 0 atom stereocenters. The van der Waals surface area contributed by atoms with Crippen molar-refractivity contribution in [3.05, 3.63) is 65.2 Å². The maximum atomic E-state index is 12.2. The number of hydrogen-bond acceptors (Lipinski definition) is 2. The van der Waals surface area contributed by atoms with Crippen LogP contribution in [0.25, 0.3) is 0 Å². The third-order valence-corrected chi connectivity index (χ3v) is 3.35. The van der Waals surface area contributed by atoms with Crippen molar-refractivity contribution in [3.63, 3.8) is 0 Å². The molecule has 0 heterocycles. The number of alkyl halides is 2. The Balaban J connectivity index is 0.00000312. The molecule has 136 valence electrons. The van der Waals surface area contributed by atoms with Crippen LogP contribution >= 0.6 is 24.0 Å². The minimum absolute atomic E-state index is 0. The molecule has 4 nitrogen and oxygen atoms in total. The van der Waals surface area contributed by atoms with E-state index in [1.807, 2.05) is 31.2 Å². The Labute approximate surface area is 163 Å². The lowest BCUT2D eigenvalue weighted by Gasteiger charge is -2.13. The van der Waals surface area contributed by atoms with Gasteiger partial charge in [0.1, 0.15) is 5.75 Å². The second-order valence-electron chi connectivity index (χ2n) is 5.29. The first-order valence-corrected chi connectivity index (χ1v) is 7.60. The number of rotatable bonds is 6. The largest absolute Gasteiger partial charge is 0.435 e. The van der Waals surface area contributed by atoms with Gasteiger partial charge in [-0.15, -0.1) is 24.0 Å². The van der Waals surface area contributed by atoms with E-state index >= 15 is 0 Å². The molecule has 2 rings (SSSR count). The first-order chi connectivity index (χ1) is 11.6. The fourth-order valence-corrected chi connectivity index (χ4v) is 2.25. The van der Waals surface area contributed by atoms with Crippen LogP contribution in [0.5, 0.6) is 5.75 Å². The minimum Gasteiger partial charge on any atom is -0.435 e. The number of hydrogen-bond donors (Lipinski definition) is 2. The van der Waals surface area contributed by atoms with Crippen LogP contribution in [0.1, 0.15) is 16.7 Å². The van der Waals surface area contributed by atoms with Crippen molar-refractivity contribution >= 4 is 29.9 Å². The monoisotopic (exact) mass is 461 g/mol. The number of nitrogens with zero attached hydrogens (tertiary/aromatic N) is 1. The molecule has 0 aliphatic rings. The molecule has 2 aromatic carbocycles. The van der Waals surface area contributed by atoms with Crippen LogP contribution in [0, 0.1) is 6.92 Å². The van der Waals surface area contributed by atoms with E-state index in [4.69, 9.17) is 0 Å². The van der Waals surface area contributed by atoms with E-state index in [2.05, 4.69) is 26.4 Å². The highest BCUT2D eigenvalue weighted by molar-refractivity contribution is 14.0. The first kappa shape index (κ1) is 21.1. The zero-order chi connectivity index (χ0) is 17.4. The van der Waals surface area contributed by atoms with Gasteiger partial charge in [-0.2, -0.15) is 8.78 Å². The molecular formula is C18H22F2IN3O. The van der Waals surface area contributed by atoms with Crippen molar-refractivity contribution in [1.82, 2.24) is 10.6 Å².